The summed E-state index contributed by atoms with van der Waals surface area (Å²) >= 11 is 2.42. The van der Waals surface area contributed by atoms with Crippen LogP contribution in [0.2, 0.25) is 0 Å². The van der Waals surface area contributed by atoms with Crippen LogP contribution in [0.3, 0.4) is 0 Å². The van der Waals surface area contributed by atoms with E-state index < -0.39 is 0 Å². The van der Waals surface area contributed by atoms with E-state index in [9.17, 15) is 0 Å². The Balaban J connectivity index is 1.98. The summed E-state index contributed by atoms with van der Waals surface area (Å²) in [4.78, 5) is 0. The molecule has 9 heavy (non-hydrogen) atoms. The first-order valence-corrected chi connectivity index (χ1v) is 5.13. The smallest absolute Gasteiger partial charge is 0.0576 e. The van der Waals surface area contributed by atoms with E-state index >= 15 is 0 Å². The summed E-state index contributed by atoms with van der Waals surface area (Å²) in [5.41, 5.74) is 0. The fourth-order valence-electron chi connectivity index (χ4n) is 1.18. The van der Waals surface area contributed by atoms with Crippen molar-refractivity contribution in [3.63, 3.8) is 0 Å². The minimum Gasteiger partial charge on any atom is -0.378 e. The zero-order valence-electron chi connectivity index (χ0n) is 5.61. The predicted molar refractivity (Wildman–Crippen MR) is 47.1 cm³/mol. The van der Waals surface area contributed by atoms with Crippen molar-refractivity contribution >= 4 is 22.6 Å². The number of halogens is 1. The number of ether oxygens (including phenoxy) is 1. The molecule has 0 N–H and O–H groups in total. The first kappa shape index (κ1) is 7.79. The van der Waals surface area contributed by atoms with Gasteiger partial charge in [0, 0.05) is 6.61 Å². The van der Waals surface area contributed by atoms with Crippen LogP contribution in [0.4, 0.5) is 0 Å². The Hall–Kier alpha value is 0.690. The second-order valence-corrected chi connectivity index (χ2v) is 3.54. The van der Waals surface area contributed by atoms with Crippen LogP contribution >= 0.6 is 22.6 Å². The molecule has 1 nitrogen and oxygen atoms in total. The van der Waals surface area contributed by atoms with Gasteiger partial charge >= 0.3 is 0 Å². The lowest BCUT2D eigenvalue weighted by atomic mass is 10.1. The highest BCUT2D eigenvalue weighted by atomic mass is 127. The first-order chi connectivity index (χ1) is 4.43. The Labute approximate surface area is 70.3 Å². The molecule has 2 heteroatoms. The third-order valence-electron chi connectivity index (χ3n) is 1.68. The van der Waals surface area contributed by atoms with Crippen LogP contribution in [0.1, 0.15) is 25.7 Å². The summed E-state index contributed by atoms with van der Waals surface area (Å²) < 4.78 is 6.73. The maximum atomic E-state index is 5.45. The van der Waals surface area contributed by atoms with Crippen molar-refractivity contribution in [1.29, 1.82) is 0 Å². The van der Waals surface area contributed by atoms with Crippen LogP contribution in [0.15, 0.2) is 0 Å². The molecule has 0 saturated carbocycles. The van der Waals surface area contributed by atoms with Crippen molar-refractivity contribution in [2.45, 2.75) is 31.8 Å². The molecule has 0 amide bonds. The Morgan fingerprint density at radius 1 is 1.56 bits per heavy atom. The van der Waals surface area contributed by atoms with Gasteiger partial charge in [0.15, 0.2) is 0 Å². The van der Waals surface area contributed by atoms with E-state index in [1.807, 2.05) is 0 Å². The zero-order valence-corrected chi connectivity index (χ0v) is 7.76. The van der Waals surface area contributed by atoms with Crippen LogP contribution in [-0.4, -0.2) is 17.1 Å². The van der Waals surface area contributed by atoms with Gasteiger partial charge in [-0.15, -0.1) is 0 Å². The first-order valence-electron chi connectivity index (χ1n) is 3.61. The SMILES string of the molecule is ICCCC1CCCO1. The largest absolute Gasteiger partial charge is 0.378 e. The third kappa shape index (κ3) is 2.85. The molecule has 1 rings (SSSR count). The summed E-state index contributed by atoms with van der Waals surface area (Å²) in [5.74, 6) is 0. The highest BCUT2D eigenvalue weighted by Gasteiger charge is 2.13. The average Bonchev–Trinajstić information content (AvgIpc) is 2.34. The number of hydrogen-bond donors (Lipinski definition) is 0. The van der Waals surface area contributed by atoms with Crippen LogP contribution in [0.25, 0.3) is 0 Å². The second-order valence-electron chi connectivity index (χ2n) is 2.47. The maximum absolute atomic E-state index is 5.45. The molecule has 1 saturated heterocycles. The summed E-state index contributed by atoms with van der Waals surface area (Å²) in [6.45, 7) is 1.01. The summed E-state index contributed by atoms with van der Waals surface area (Å²) in [5, 5.41) is 0. The van der Waals surface area contributed by atoms with E-state index in [0.29, 0.717) is 6.10 Å². The molecule has 1 atom stereocenters. The number of hydrogen-bond acceptors (Lipinski definition) is 1. The average molecular weight is 240 g/mol. The van der Waals surface area contributed by atoms with Gasteiger partial charge in [0.25, 0.3) is 0 Å². The molecule has 0 radical (unpaired) electrons. The van der Waals surface area contributed by atoms with E-state index in [1.54, 1.807) is 0 Å². The van der Waals surface area contributed by atoms with Crippen LogP contribution < -0.4 is 0 Å². The minimum absolute atomic E-state index is 0.611. The van der Waals surface area contributed by atoms with Gasteiger partial charge < -0.3 is 4.74 Å². The van der Waals surface area contributed by atoms with Gasteiger partial charge in [-0.25, -0.2) is 0 Å². The minimum atomic E-state index is 0.611. The zero-order chi connectivity index (χ0) is 6.53. The molecular formula is C7H13IO. The molecule has 0 aromatic carbocycles. The van der Waals surface area contributed by atoms with Gasteiger partial charge in [0.2, 0.25) is 0 Å². The van der Waals surface area contributed by atoms with Gasteiger partial charge in [0.05, 0.1) is 6.10 Å². The topological polar surface area (TPSA) is 9.23 Å². The van der Waals surface area contributed by atoms with Gasteiger partial charge in [-0.05, 0) is 30.1 Å². The maximum Gasteiger partial charge on any atom is 0.0576 e. The van der Waals surface area contributed by atoms with Crippen LogP contribution in [0.5, 0.6) is 0 Å². The molecular weight excluding hydrogens is 227 g/mol. The molecule has 0 aromatic rings. The quantitative estimate of drug-likeness (QED) is 0.543. The molecule has 54 valence electrons. The Bertz CT molecular complexity index is 69.3. The van der Waals surface area contributed by atoms with E-state index in [4.69, 9.17) is 4.74 Å². The van der Waals surface area contributed by atoms with Crippen molar-refractivity contribution in [3.8, 4) is 0 Å². The lowest BCUT2D eigenvalue weighted by molar-refractivity contribution is 0.104. The van der Waals surface area contributed by atoms with E-state index in [1.165, 1.54) is 30.1 Å². The molecule has 1 unspecified atom stereocenters. The lowest BCUT2D eigenvalue weighted by Crippen LogP contribution is -2.03. The predicted octanol–water partition coefficient (Wildman–Crippen LogP) is 2.38. The normalized spacial score (nSPS) is 27.0. The molecule has 1 heterocycles. The lowest BCUT2D eigenvalue weighted by Gasteiger charge is -2.05. The van der Waals surface area contributed by atoms with Crippen molar-refractivity contribution < 1.29 is 4.74 Å². The van der Waals surface area contributed by atoms with Crippen molar-refractivity contribution in [1.82, 2.24) is 0 Å². The Morgan fingerprint density at radius 2 is 2.44 bits per heavy atom. The van der Waals surface area contributed by atoms with Gasteiger partial charge in [-0.3, -0.25) is 0 Å². The van der Waals surface area contributed by atoms with E-state index in [2.05, 4.69) is 22.6 Å². The summed E-state index contributed by atoms with van der Waals surface area (Å²) in [7, 11) is 0. The molecule has 1 aliphatic heterocycles. The molecule has 0 spiro atoms. The molecule has 0 aliphatic carbocycles. The van der Waals surface area contributed by atoms with Gasteiger partial charge in [0.1, 0.15) is 0 Å². The van der Waals surface area contributed by atoms with E-state index in [0.717, 1.165) is 6.61 Å². The standard InChI is InChI=1S/C7H13IO/c8-5-1-3-7-4-2-6-9-7/h7H,1-6H2. The molecule has 1 fully saturated rings. The third-order valence-corrected chi connectivity index (χ3v) is 2.45. The van der Waals surface area contributed by atoms with Crippen molar-refractivity contribution in [3.05, 3.63) is 0 Å². The number of alkyl halides is 1. The highest BCUT2D eigenvalue weighted by Crippen LogP contribution is 2.16. The molecule has 0 aromatic heterocycles. The van der Waals surface area contributed by atoms with Crippen LogP contribution in [-0.2, 0) is 4.74 Å². The fraction of sp³-hybridized carbons (Fsp3) is 1.00. The highest BCUT2D eigenvalue weighted by molar-refractivity contribution is 14.1. The van der Waals surface area contributed by atoms with Crippen molar-refractivity contribution in [2.75, 3.05) is 11.0 Å². The molecule has 1 aliphatic rings. The van der Waals surface area contributed by atoms with E-state index in [-0.39, 0.29) is 0 Å². The summed E-state index contributed by atoms with van der Waals surface area (Å²) in [6, 6.07) is 0. The Kier molecular flexibility index (Phi) is 3.89. The Morgan fingerprint density at radius 3 is 3.00 bits per heavy atom. The monoisotopic (exact) mass is 240 g/mol. The summed E-state index contributed by atoms with van der Waals surface area (Å²) in [6.07, 6.45) is 5.80. The molecule has 0 bridgehead atoms. The fourth-order valence-corrected chi connectivity index (χ4v) is 1.62. The van der Waals surface area contributed by atoms with Gasteiger partial charge in [-0.1, -0.05) is 22.6 Å². The number of rotatable bonds is 3. The second kappa shape index (κ2) is 4.50. The van der Waals surface area contributed by atoms with Crippen molar-refractivity contribution in [2.24, 2.45) is 0 Å². The van der Waals surface area contributed by atoms with Gasteiger partial charge in [-0.2, -0.15) is 0 Å². The van der Waals surface area contributed by atoms with Crippen LogP contribution in [0, 0.1) is 0 Å².